The Kier molecular flexibility index (Phi) is 2.75. The van der Waals surface area contributed by atoms with Gasteiger partial charge >= 0.3 is 0 Å². The number of benzene rings is 1. The molecular weight excluding hydrogens is 202 g/mol. The number of aromatic nitrogens is 2. The molecule has 4 nitrogen and oxygen atoms in total. The van der Waals surface area contributed by atoms with E-state index in [4.69, 9.17) is 0 Å². The maximum atomic E-state index is 12.1. The van der Waals surface area contributed by atoms with Crippen LogP contribution in [0.25, 0.3) is 11.0 Å². The van der Waals surface area contributed by atoms with Gasteiger partial charge in [0.2, 0.25) is 5.91 Å². The number of carbonyl (C=O) groups excluding carboxylic acids is 1. The zero-order valence-electron chi connectivity index (χ0n) is 9.71. The summed E-state index contributed by atoms with van der Waals surface area (Å²) in [5.74, 6) is 0.0405. The number of imidazole rings is 1. The van der Waals surface area contributed by atoms with E-state index in [0.717, 1.165) is 11.0 Å². The molecule has 1 aromatic carbocycles. The topological polar surface area (TPSA) is 38.1 Å². The number of rotatable bonds is 2. The summed E-state index contributed by atoms with van der Waals surface area (Å²) in [6, 6.07) is 7.48. The Morgan fingerprint density at radius 1 is 1.38 bits per heavy atom. The molecule has 0 saturated heterocycles. The van der Waals surface area contributed by atoms with Crippen LogP contribution in [0.1, 0.15) is 11.7 Å². The largest absolute Gasteiger partial charge is 0.298 e. The minimum absolute atomic E-state index is 0.0405. The van der Waals surface area contributed by atoms with E-state index in [1.165, 1.54) is 0 Å². The van der Waals surface area contributed by atoms with Crippen LogP contribution in [0.5, 0.6) is 0 Å². The fraction of sp³-hybridized carbons (Fsp3) is 0.333. The van der Waals surface area contributed by atoms with Gasteiger partial charge in [0.1, 0.15) is 6.33 Å². The third-order valence-corrected chi connectivity index (χ3v) is 2.82. The van der Waals surface area contributed by atoms with Gasteiger partial charge in [0.05, 0.1) is 17.1 Å². The van der Waals surface area contributed by atoms with Crippen molar-refractivity contribution in [1.82, 2.24) is 14.5 Å². The summed E-state index contributed by atoms with van der Waals surface area (Å²) in [5.41, 5.74) is 1.71. The first-order valence-electron chi connectivity index (χ1n) is 5.24. The molecule has 1 heterocycles. The van der Waals surface area contributed by atoms with Crippen molar-refractivity contribution < 1.29 is 4.79 Å². The van der Waals surface area contributed by atoms with Gasteiger partial charge in [0.25, 0.3) is 0 Å². The first kappa shape index (κ1) is 10.8. The van der Waals surface area contributed by atoms with Crippen molar-refractivity contribution in [3.63, 3.8) is 0 Å². The summed E-state index contributed by atoms with van der Waals surface area (Å²) < 4.78 is 1.61. The summed E-state index contributed by atoms with van der Waals surface area (Å²) in [5, 5.41) is 0. The van der Waals surface area contributed by atoms with E-state index in [9.17, 15) is 4.79 Å². The van der Waals surface area contributed by atoms with Crippen LogP contribution in [0.2, 0.25) is 0 Å². The van der Waals surface area contributed by atoms with E-state index >= 15 is 0 Å². The first-order chi connectivity index (χ1) is 7.61. The van der Waals surface area contributed by atoms with Crippen molar-refractivity contribution >= 4 is 16.9 Å². The summed E-state index contributed by atoms with van der Waals surface area (Å²) in [6.45, 7) is 1.89. The lowest BCUT2D eigenvalue weighted by molar-refractivity contribution is 0.0809. The molecule has 0 amide bonds. The zero-order chi connectivity index (χ0) is 11.7. The summed E-state index contributed by atoms with van der Waals surface area (Å²) >= 11 is 0. The molecule has 0 saturated carbocycles. The standard InChI is InChI=1S/C12H15N3O/c1-9(14(2)3)12(16)15-8-13-10-6-4-5-7-11(10)15/h4-9H,1-3H3. The Bertz CT molecular complexity index is 516. The molecule has 0 spiro atoms. The van der Waals surface area contributed by atoms with Gasteiger partial charge in [-0.05, 0) is 33.2 Å². The van der Waals surface area contributed by atoms with Crippen LogP contribution in [-0.4, -0.2) is 40.5 Å². The van der Waals surface area contributed by atoms with E-state index < -0.39 is 0 Å². The number of hydrogen-bond donors (Lipinski definition) is 0. The molecule has 1 unspecified atom stereocenters. The highest BCUT2D eigenvalue weighted by Crippen LogP contribution is 2.12. The number of hydrogen-bond acceptors (Lipinski definition) is 3. The van der Waals surface area contributed by atoms with Crippen molar-refractivity contribution in [1.29, 1.82) is 0 Å². The van der Waals surface area contributed by atoms with Gasteiger partial charge in [-0.15, -0.1) is 0 Å². The molecule has 0 radical (unpaired) electrons. The van der Waals surface area contributed by atoms with Crippen LogP contribution < -0.4 is 0 Å². The number of likely N-dealkylation sites (N-methyl/N-ethyl adjacent to an activating group) is 1. The van der Waals surface area contributed by atoms with Gasteiger partial charge in [-0.3, -0.25) is 14.3 Å². The maximum Gasteiger partial charge on any atom is 0.249 e. The Hall–Kier alpha value is -1.68. The summed E-state index contributed by atoms with van der Waals surface area (Å²) in [4.78, 5) is 18.2. The Morgan fingerprint density at radius 2 is 2.06 bits per heavy atom. The molecule has 1 aromatic heterocycles. The molecular formula is C12H15N3O. The lowest BCUT2D eigenvalue weighted by atomic mass is 10.2. The smallest absolute Gasteiger partial charge is 0.249 e. The number of nitrogens with zero attached hydrogens (tertiary/aromatic N) is 3. The summed E-state index contributed by atoms with van der Waals surface area (Å²) in [7, 11) is 3.78. The van der Waals surface area contributed by atoms with Crippen LogP contribution in [-0.2, 0) is 0 Å². The van der Waals surface area contributed by atoms with E-state index in [1.807, 2.05) is 50.2 Å². The monoisotopic (exact) mass is 217 g/mol. The number of para-hydroxylation sites is 2. The predicted octanol–water partition coefficient (Wildman–Crippen LogP) is 1.63. The average Bonchev–Trinajstić information content (AvgIpc) is 2.70. The van der Waals surface area contributed by atoms with Gasteiger partial charge in [0, 0.05) is 0 Å². The molecule has 84 valence electrons. The molecule has 0 N–H and O–H groups in total. The lowest BCUT2D eigenvalue weighted by Gasteiger charge is -2.18. The molecule has 0 aliphatic carbocycles. The SMILES string of the molecule is CC(C(=O)n1cnc2ccccc21)N(C)C. The lowest BCUT2D eigenvalue weighted by Crippen LogP contribution is -2.36. The Morgan fingerprint density at radius 3 is 2.75 bits per heavy atom. The first-order valence-corrected chi connectivity index (χ1v) is 5.24. The highest BCUT2D eigenvalue weighted by atomic mass is 16.2. The van der Waals surface area contributed by atoms with E-state index in [-0.39, 0.29) is 11.9 Å². The molecule has 4 heteroatoms. The molecule has 0 aliphatic rings. The van der Waals surface area contributed by atoms with Crippen LogP contribution >= 0.6 is 0 Å². The third kappa shape index (κ3) is 1.72. The second-order valence-electron chi connectivity index (χ2n) is 4.08. The number of carbonyl (C=O) groups is 1. The van der Waals surface area contributed by atoms with Crippen LogP contribution in [0.4, 0.5) is 0 Å². The molecule has 16 heavy (non-hydrogen) atoms. The predicted molar refractivity (Wildman–Crippen MR) is 63.5 cm³/mol. The van der Waals surface area contributed by atoms with Crippen LogP contribution in [0.15, 0.2) is 30.6 Å². The Balaban J connectivity index is 2.44. The molecule has 2 rings (SSSR count). The van der Waals surface area contributed by atoms with Crippen molar-refractivity contribution in [3.8, 4) is 0 Å². The second-order valence-corrected chi connectivity index (χ2v) is 4.08. The van der Waals surface area contributed by atoms with E-state index in [1.54, 1.807) is 10.9 Å². The molecule has 1 atom stereocenters. The van der Waals surface area contributed by atoms with Crippen LogP contribution in [0, 0.1) is 0 Å². The van der Waals surface area contributed by atoms with Gasteiger partial charge in [0.15, 0.2) is 0 Å². The fourth-order valence-corrected chi connectivity index (χ4v) is 1.56. The van der Waals surface area contributed by atoms with Crippen molar-refractivity contribution in [3.05, 3.63) is 30.6 Å². The van der Waals surface area contributed by atoms with Crippen molar-refractivity contribution in [2.24, 2.45) is 0 Å². The molecule has 2 aromatic rings. The third-order valence-electron chi connectivity index (χ3n) is 2.82. The van der Waals surface area contributed by atoms with Gasteiger partial charge < -0.3 is 0 Å². The average molecular weight is 217 g/mol. The van der Waals surface area contributed by atoms with E-state index in [2.05, 4.69) is 4.98 Å². The normalized spacial score (nSPS) is 13.2. The summed E-state index contributed by atoms with van der Waals surface area (Å²) in [6.07, 6.45) is 1.59. The number of fused-ring (bicyclic) bond motifs is 1. The second kappa shape index (κ2) is 4.06. The highest BCUT2D eigenvalue weighted by molar-refractivity contribution is 5.92. The molecule has 0 aliphatic heterocycles. The van der Waals surface area contributed by atoms with Crippen LogP contribution in [0.3, 0.4) is 0 Å². The van der Waals surface area contributed by atoms with Gasteiger partial charge in [-0.2, -0.15) is 0 Å². The van der Waals surface area contributed by atoms with Crippen molar-refractivity contribution in [2.45, 2.75) is 13.0 Å². The minimum Gasteiger partial charge on any atom is -0.298 e. The minimum atomic E-state index is -0.155. The maximum absolute atomic E-state index is 12.1. The van der Waals surface area contributed by atoms with Crippen molar-refractivity contribution in [2.75, 3.05) is 14.1 Å². The highest BCUT2D eigenvalue weighted by Gasteiger charge is 2.18. The van der Waals surface area contributed by atoms with E-state index in [0.29, 0.717) is 0 Å². The quantitative estimate of drug-likeness (QED) is 0.767. The zero-order valence-corrected chi connectivity index (χ0v) is 9.71. The molecule has 0 fully saturated rings. The Labute approximate surface area is 94.5 Å². The molecule has 0 bridgehead atoms. The fourth-order valence-electron chi connectivity index (χ4n) is 1.56. The van der Waals surface area contributed by atoms with Gasteiger partial charge in [-0.25, -0.2) is 4.98 Å². The van der Waals surface area contributed by atoms with Gasteiger partial charge in [-0.1, -0.05) is 12.1 Å².